The molecule has 0 aliphatic rings. The number of unbranched alkanes of at least 4 members (excludes halogenated alkanes) is 8. The van der Waals surface area contributed by atoms with Crippen molar-refractivity contribution in [3.8, 4) is 0 Å². The zero-order chi connectivity index (χ0) is 8.36. The van der Waals surface area contributed by atoms with Crippen LogP contribution in [0.4, 0.5) is 0 Å². The van der Waals surface area contributed by atoms with Gasteiger partial charge in [0.25, 0.3) is 0 Å². The van der Waals surface area contributed by atoms with Crippen LogP contribution >= 0.6 is 0 Å². The highest BCUT2D eigenvalue weighted by Gasteiger charge is 1.89. The van der Waals surface area contributed by atoms with Crippen LogP contribution in [0.1, 0.15) is 58.3 Å². The maximum absolute atomic E-state index is 3.82. The Labute approximate surface area is 72.4 Å². The Morgan fingerprint density at radius 3 is 2.36 bits per heavy atom. The summed E-state index contributed by atoms with van der Waals surface area (Å²) in [7, 11) is 0. The first-order chi connectivity index (χ1) is 5.41. The summed E-state index contributed by atoms with van der Waals surface area (Å²) in [6, 6.07) is 0. The van der Waals surface area contributed by atoms with E-state index in [0.717, 1.165) is 6.42 Å². The van der Waals surface area contributed by atoms with Crippen LogP contribution in [-0.2, 0) is 0 Å². The lowest BCUT2D eigenvalue weighted by atomic mass is 10.1. The quantitative estimate of drug-likeness (QED) is 0.460. The lowest BCUT2D eigenvalue weighted by Gasteiger charge is -1.98. The van der Waals surface area contributed by atoms with Crippen molar-refractivity contribution in [1.29, 1.82) is 0 Å². The van der Waals surface area contributed by atoms with E-state index in [1.807, 2.05) is 0 Å². The lowest BCUT2D eigenvalue weighted by Crippen LogP contribution is -1.80. The number of hydrogen-bond donors (Lipinski definition) is 0. The second-order valence-electron chi connectivity index (χ2n) is 3.13. The molecule has 0 aliphatic heterocycles. The maximum atomic E-state index is 3.82. The molecule has 0 saturated carbocycles. The Balaban J connectivity index is 2.69. The van der Waals surface area contributed by atoms with E-state index in [-0.39, 0.29) is 0 Å². The molecule has 66 valence electrons. The molecule has 0 nitrogen and oxygen atoms in total. The van der Waals surface area contributed by atoms with Crippen LogP contribution in [0.15, 0.2) is 0 Å². The van der Waals surface area contributed by atoms with Gasteiger partial charge in [-0.15, -0.1) is 0 Å². The van der Waals surface area contributed by atoms with Gasteiger partial charge in [0.15, 0.2) is 0 Å². The van der Waals surface area contributed by atoms with Crippen molar-refractivity contribution in [1.82, 2.24) is 0 Å². The fourth-order valence-electron chi connectivity index (χ4n) is 1.14. The molecule has 0 amide bonds. The molecule has 2 radical (unpaired) electrons. The number of rotatable bonds is 8. The van der Waals surface area contributed by atoms with Crippen molar-refractivity contribution in [3.05, 3.63) is 13.3 Å². The third-order valence-corrected chi connectivity index (χ3v) is 1.92. The molecule has 0 unspecified atom stereocenters. The number of hydrogen-bond acceptors (Lipinski definition) is 0. The molecule has 0 aromatic rings. The van der Waals surface area contributed by atoms with Crippen molar-refractivity contribution in [2.75, 3.05) is 0 Å². The van der Waals surface area contributed by atoms with Gasteiger partial charge >= 0.3 is 0 Å². The average molecular weight is 154 g/mol. The van der Waals surface area contributed by atoms with Crippen LogP contribution in [-0.4, -0.2) is 0 Å². The standard InChI is InChI=1S/C11H22/c1-3-5-7-9-11-10-8-6-4-2/h10H,1,3-9,11H2,2H3. The monoisotopic (exact) mass is 154 g/mol. The normalized spacial score (nSPS) is 10.4. The van der Waals surface area contributed by atoms with Gasteiger partial charge in [-0.2, -0.15) is 0 Å². The highest BCUT2D eigenvalue weighted by atomic mass is 13.9. The van der Waals surface area contributed by atoms with Crippen LogP contribution in [0.3, 0.4) is 0 Å². The zero-order valence-electron chi connectivity index (χ0n) is 7.94. The van der Waals surface area contributed by atoms with Crippen molar-refractivity contribution in [2.45, 2.75) is 58.3 Å². The van der Waals surface area contributed by atoms with Crippen molar-refractivity contribution < 1.29 is 0 Å². The van der Waals surface area contributed by atoms with Crippen molar-refractivity contribution in [2.24, 2.45) is 0 Å². The van der Waals surface area contributed by atoms with E-state index < -0.39 is 0 Å². The third-order valence-electron chi connectivity index (χ3n) is 1.92. The van der Waals surface area contributed by atoms with E-state index in [9.17, 15) is 0 Å². The highest BCUT2D eigenvalue weighted by Crippen LogP contribution is 2.07. The summed E-state index contributed by atoms with van der Waals surface area (Å²) in [4.78, 5) is 0. The van der Waals surface area contributed by atoms with E-state index in [0.29, 0.717) is 0 Å². The summed E-state index contributed by atoms with van der Waals surface area (Å²) in [6.07, 6.45) is 12.9. The smallest absolute Gasteiger partial charge is 0.0386 e. The summed E-state index contributed by atoms with van der Waals surface area (Å²) in [5.74, 6) is 0. The van der Waals surface area contributed by atoms with Crippen LogP contribution in [0.2, 0.25) is 0 Å². The molecule has 0 fully saturated rings. The minimum atomic E-state index is 1.11. The van der Waals surface area contributed by atoms with E-state index in [1.54, 1.807) is 0 Å². The topological polar surface area (TPSA) is 0 Å². The average Bonchev–Trinajstić information content (AvgIpc) is 2.03. The molecule has 0 aromatic heterocycles. The van der Waals surface area contributed by atoms with Gasteiger partial charge in [-0.1, -0.05) is 65.2 Å². The summed E-state index contributed by atoms with van der Waals surface area (Å²) in [6.45, 7) is 6.07. The zero-order valence-corrected chi connectivity index (χ0v) is 7.94. The molecule has 0 bridgehead atoms. The molecule has 0 saturated heterocycles. The van der Waals surface area contributed by atoms with Gasteiger partial charge in [0.1, 0.15) is 0 Å². The molecule has 0 spiro atoms. The Hall–Kier alpha value is 0. The molecule has 0 heteroatoms. The van der Waals surface area contributed by atoms with Crippen molar-refractivity contribution in [3.63, 3.8) is 0 Å². The van der Waals surface area contributed by atoms with E-state index in [1.165, 1.54) is 44.9 Å². The van der Waals surface area contributed by atoms with Gasteiger partial charge in [0.2, 0.25) is 0 Å². The summed E-state index contributed by atoms with van der Waals surface area (Å²) in [5.41, 5.74) is 0. The first kappa shape index (κ1) is 11.0. The molecule has 0 aliphatic carbocycles. The molecular weight excluding hydrogens is 132 g/mol. The fourth-order valence-corrected chi connectivity index (χ4v) is 1.14. The summed E-state index contributed by atoms with van der Waals surface area (Å²) in [5, 5.41) is 0. The largest absolute Gasteiger partial charge is 0.0654 e. The summed E-state index contributed by atoms with van der Waals surface area (Å²) < 4.78 is 0. The fraction of sp³-hybridized carbons (Fsp3) is 0.818. The van der Waals surface area contributed by atoms with Crippen molar-refractivity contribution >= 4 is 0 Å². The molecular formula is C11H22. The minimum Gasteiger partial charge on any atom is -0.0654 e. The van der Waals surface area contributed by atoms with Crippen LogP contribution in [0.25, 0.3) is 0 Å². The lowest BCUT2D eigenvalue weighted by molar-refractivity contribution is 0.654. The van der Waals surface area contributed by atoms with Gasteiger partial charge in [-0.05, 0) is 6.42 Å². The molecule has 0 aromatic carbocycles. The molecule has 0 N–H and O–H groups in total. The van der Waals surface area contributed by atoms with E-state index in [4.69, 9.17) is 0 Å². The first-order valence-electron chi connectivity index (χ1n) is 5.02. The Morgan fingerprint density at radius 1 is 1.00 bits per heavy atom. The SMILES string of the molecule is [CH2]CCCCC[CH]CCCC. The molecule has 0 rings (SSSR count). The Bertz CT molecular complexity index is 49.1. The second kappa shape index (κ2) is 10.0. The molecule has 0 heterocycles. The molecule has 11 heavy (non-hydrogen) atoms. The van der Waals surface area contributed by atoms with Gasteiger partial charge in [-0.25, -0.2) is 0 Å². The summed E-state index contributed by atoms with van der Waals surface area (Å²) >= 11 is 0. The maximum Gasteiger partial charge on any atom is -0.0386 e. The van der Waals surface area contributed by atoms with Gasteiger partial charge in [0.05, 0.1) is 0 Å². The second-order valence-corrected chi connectivity index (χ2v) is 3.13. The highest BCUT2D eigenvalue weighted by molar-refractivity contribution is 4.63. The van der Waals surface area contributed by atoms with Crippen LogP contribution < -0.4 is 0 Å². The predicted molar refractivity (Wildman–Crippen MR) is 52.3 cm³/mol. The predicted octanol–water partition coefficient (Wildman–Crippen LogP) is 4.17. The Morgan fingerprint density at radius 2 is 1.73 bits per heavy atom. The first-order valence-corrected chi connectivity index (χ1v) is 5.02. The third kappa shape index (κ3) is 10.0. The molecule has 0 atom stereocenters. The van der Waals surface area contributed by atoms with Crippen LogP contribution in [0.5, 0.6) is 0 Å². The Kier molecular flexibility index (Phi) is 10.0. The van der Waals surface area contributed by atoms with E-state index in [2.05, 4.69) is 20.3 Å². The van der Waals surface area contributed by atoms with Gasteiger partial charge < -0.3 is 0 Å². The van der Waals surface area contributed by atoms with Gasteiger partial charge in [-0.3, -0.25) is 0 Å². The van der Waals surface area contributed by atoms with Gasteiger partial charge in [0, 0.05) is 0 Å². The van der Waals surface area contributed by atoms with E-state index >= 15 is 0 Å². The van der Waals surface area contributed by atoms with Crippen LogP contribution in [0, 0.1) is 13.3 Å². The minimum absolute atomic E-state index is 1.11.